The third-order valence-corrected chi connectivity index (χ3v) is 4.08. The Labute approximate surface area is 136 Å². The number of ether oxygens (including phenoxy) is 1. The lowest BCUT2D eigenvalue weighted by atomic mass is 10.2. The quantitative estimate of drug-likeness (QED) is 0.647. The van der Waals surface area contributed by atoms with Crippen molar-refractivity contribution in [2.24, 2.45) is 5.10 Å². The molecular formula is C15H15BrN4O2. The Morgan fingerprint density at radius 3 is 3.18 bits per heavy atom. The number of hydrazone groups is 1. The van der Waals surface area contributed by atoms with Crippen molar-refractivity contribution in [2.75, 3.05) is 7.11 Å². The van der Waals surface area contributed by atoms with Crippen molar-refractivity contribution < 1.29 is 9.53 Å². The Bertz CT molecular complexity index is 739. The molecule has 2 aromatic rings. The molecule has 0 saturated carbocycles. The molecule has 3 rings (SSSR count). The fourth-order valence-electron chi connectivity index (χ4n) is 2.53. The van der Waals surface area contributed by atoms with E-state index in [0.717, 1.165) is 40.6 Å². The molecule has 0 fully saturated rings. The van der Waals surface area contributed by atoms with E-state index in [-0.39, 0.29) is 5.91 Å². The number of halogens is 1. The van der Waals surface area contributed by atoms with Crippen molar-refractivity contribution in [1.82, 2.24) is 15.6 Å². The molecular weight excluding hydrogens is 348 g/mol. The third kappa shape index (κ3) is 2.89. The van der Waals surface area contributed by atoms with Crippen LogP contribution in [-0.4, -0.2) is 29.4 Å². The molecule has 0 aliphatic heterocycles. The average molecular weight is 363 g/mol. The molecule has 1 amide bonds. The molecule has 22 heavy (non-hydrogen) atoms. The van der Waals surface area contributed by atoms with Crippen molar-refractivity contribution in [1.29, 1.82) is 0 Å². The molecule has 1 heterocycles. The highest BCUT2D eigenvalue weighted by Crippen LogP contribution is 2.23. The molecule has 1 aliphatic rings. The number of nitrogens with one attached hydrogen (secondary N) is 2. The van der Waals surface area contributed by atoms with Crippen LogP contribution in [0, 0.1) is 0 Å². The number of carbonyl (C=O) groups is 1. The fourth-order valence-corrected chi connectivity index (χ4v) is 2.91. The van der Waals surface area contributed by atoms with Gasteiger partial charge in [0.2, 0.25) is 0 Å². The van der Waals surface area contributed by atoms with E-state index in [1.165, 1.54) is 0 Å². The summed E-state index contributed by atoms with van der Waals surface area (Å²) in [6.45, 7) is 0. The highest BCUT2D eigenvalue weighted by molar-refractivity contribution is 9.10. The average Bonchev–Trinajstić information content (AvgIpc) is 3.10. The SMILES string of the molecule is COc1ccc(Br)cc1/C=N\NC(=O)c1n[nH]c2c1CCC2. The van der Waals surface area contributed by atoms with E-state index in [1.807, 2.05) is 18.2 Å². The van der Waals surface area contributed by atoms with Gasteiger partial charge in [-0.25, -0.2) is 5.43 Å². The molecule has 1 aromatic carbocycles. The zero-order chi connectivity index (χ0) is 15.5. The molecule has 2 N–H and O–H groups in total. The summed E-state index contributed by atoms with van der Waals surface area (Å²) < 4.78 is 6.16. The lowest BCUT2D eigenvalue weighted by Gasteiger charge is -2.04. The van der Waals surface area contributed by atoms with Gasteiger partial charge in [-0.3, -0.25) is 9.89 Å². The summed E-state index contributed by atoms with van der Waals surface area (Å²) in [4.78, 5) is 12.1. The van der Waals surface area contributed by atoms with Crippen molar-refractivity contribution in [2.45, 2.75) is 19.3 Å². The molecule has 0 atom stereocenters. The highest BCUT2D eigenvalue weighted by Gasteiger charge is 2.22. The van der Waals surface area contributed by atoms with Crippen molar-refractivity contribution in [3.8, 4) is 5.75 Å². The van der Waals surface area contributed by atoms with Gasteiger partial charge in [0.25, 0.3) is 5.91 Å². The number of amides is 1. The molecule has 114 valence electrons. The van der Waals surface area contributed by atoms with Crippen LogP contribution in [-0.2, 0) is 12.8 Å². The minimum atomic E-state index is -0.301. The van der Waals surface area contributed by atoms with Gasteiger partial charge in [-0.05, 0) is 37.5 Å². The number of benzene rings is 1. The predicted octanol–water partition coefficient (Wildman–Crippen LogP) is 2.43. The van der Waals surface area contributed by atoms with Gasteiger partial charge in [-0.1, -0.05) is 15.9 Å². The van der Waals surface area contributed by atoms with Crippen LogP contribution in [0.25, 0.3) is 0 Å². The Morgan fingerprint density at radius 1 is 1.50 bits per heavy atom. The topological polar surface area (TPSA) is 79.4 Å². The number of hydrogen-bond acceptors (Lipinski definition) is 4. The zero-order valence-electron chi connectivity index (χ0n) is 12.0. The zero-order valence-corrected chi connectivity index (χ0v) is 13.6. The monoisotopic (exact) mass is 362 g/mol. The maximum Gasteiger partial charge on any atom is 0.292 e. The summed E-state index contributed by atoms with van der Waals surface area (Å²) in [5.41, 5.74) is 5.78. The second-order valence-electron chi connectivity index (χ2n) is 4.97. The van der Waals surface area contributed by atoms with Gasteiger partial charge in [-0.2, -0.15) is 10.2 Å². The maximum atomic E-state index is 12.1. The van der Waals surface area contributed by atoms with Crippen LogP contribution in [0.2, 0.25) is 0 Å². The number of hydrogen-bond donors (Lipinski definition) is 2. The van der Waals surface area contributed by atoms with Crippen LogP contribution in [0.3, 0.4) is 0 Å². The number of nitrogens with zero attached hydrogens (tertiary/aromatic N) is 2. The summed E-state index contributed by atoms with van der Waals surface area (Å²) in [5.74, 6) is 0.381. The molecule has 0 bridgehead atoms. The Morgan fingerprint density at radius 2 is 2.36 bits per heavy atom. The van der Waals surface area contributed by atoms with E-state index in [2.05, 4.69) is 36.7 Å². The Balaban J connectivity index is 1.72. The summed E-state index contributed by atoms with van der Waals surface area (Å²) in [6.07, 6.45) is 4.45. The molecule has 7 heteroatoms. The number of rotatable bonds is 4. The van der Waals surface area contributed by atoms with Gasteiger partial charge < -0.3 is 4.74 Å². The largest absolute Gasteiger partial charge is 0.496 e. The van der Waals surface area contributed by atoms with Gasteiger partial charge in [0.05, 0.1) is 13.3 Å². The lowest BCUT2D eigenvalue weighted by molar-refractivity contribution is 0.0949. The van der Waals surface area contributed by atoms with Crippen LogP contribution in [0.5, 0.6) is 5.75 Å². The van der Waals surface area contributed by atoms with Crippen molar-refractivity contribution in [3.05, 3.63) is 45.2 Å². The number of aromatic amines is 1. The number of aromatic nitrogens is 2. The molecule has 1 aromatic heterocycles. The number of carbonyl (C=O) groups excluding carboxylic acids is 1. The van der Waals surface area contributed by atoms with Gasteiger partial charge in [-0.15, -0.1) is 0 Å². The molecule has 6 nitrogen and oxygen atoms in total. The van der Waals surface area contributed by atoms with Gasteiger partial charge in [0.15, 0.2) is 5.69 Å². The predicted molar refractivity (Wildman–Crippen MR) is 86.4 cm³/mol. The van der Waals surface area contributed by atoms with Crippen molar-refractivity contribution in [3.63, 3.8) is 0 Å². The summed E-state index contributed by atoms with van der Waals surface area (Å²) in [6, 6.07) is 5.57. The number of aryl methyl sites for hydroxylation is 1. The first-order valence-corrected chi connectivity index (χ1v) is 7.71. The first-order valence-electron chi connectivity index (χ1n) is 6.92. The highest BCUT2D eigenvalue weighted by atomic mass is 79.9. The van der Waals surface area contributed by atoms with E-state index in [1.54, 1.807) is 13.3 Å². The number of fused-ring (bicyclic) bond motifs is 1. The minimum absolute atomic E-state index is 0.301. The summed E-state index contributed by atoms with van der Waals surface area (Å²) in [5, 5.41) is 11.0. The smallest absolute Gasteiger partial charge is 0.292 e. The molecule has 0 saturated heterocycles. The second-order valence-corrected chi connectivity index (χ2v) is 5.88. The van der Waals surface area contributed by atoms with Crippen LogP contribution in [0.15, 0.2) is 27.8 Å². The van der Waals surface area contributed by atoms with Gasteiger partial charge >= 0.3 is 0 Å². The normalized spacial score (nSPS) is 13.4. The van der Waals surface area contributed by atoms with Crippen LogP contribution in [0.4, 0.5) is 0 Å². The Hall–Kier alpha value is -2.15. The Kier molecular flexibility index (Phi) is 4.24. The van der Waals surface area contributed by atoms with Crippen LogP contribution in [0.1, 0.15) is 33.7 Å². The van der Waals surface area contributed by atoms with Crippen molar-refractivity contribution >= 4 is 28.1 Å². The summed E-state index contributed by atoms with van der Waals surface area (Å²) in [7, 11) is 1.59. The number of H-pyrrole nitrogens is 1. The van der Waals surface area contributed by atoms with Crippen LogP contribution < -0.4 is 10.2 Å². The molecule has 0 spiro atoms. The summed E-state index contributed by atoms with van der Waals surface area (Å²) >= 11 is 3.39. The van der Waals surface area contributed by atoms with Gasteiger partial charge in [0.1, 0.15) is 5.75 Å². The van der Waals surface area contributed by atoms with E-state index < -0.39 is 0 Å². The molecule has 0 unspecified atom stereocenters. The minimum Gasteiger partial charge on any atom is -0.496 e. The lowest BCUT2D eigenvalue weighted by Crippen LogP contribution is -2.19. The van der Waals surface area contributed by atoms with Gasteiger partial charge in [0, 0.05) is 21.3 Å². The first kappa shape index (κ1) is 14.8. The van der Waals surface area contributed by atoms with E-state index >= 15 is 0 Å². The number of methoxy groups -OCH3 is 1. The van der Waals surface area contributed by atoms with E-state index in [9.17, 15) is 4.79 Å². The van der Waals surface area contributed by atoms with E-state index in [4.69, 9.17) is 4.74 Å². The third-order valence-electron chi connectivity index (χ3n) is 3.58. The standard InChI is InChI=1S/C15H15BrN4O2/c1-22-13-6-5-10(16)7-9(13)8-17-20-15(21)14-11-3-2-4-12(11)18-19-14/h5-8H,2-4H2,1H3,(H,18,19)(H,20,21)/b17-8-. The second kappa shape index (κ2) is 6.31. The molecule has 1 aliphatic carbocycles. The fraction of sp³-hybridized carbons (Fsp3) is 0.267. The molecule has 0 radical (unpaired) electrons. The maximum absolute atomic E-state index is 12.1. The van der Waals surface area contributed by atoms with E-state index in [0.29, 0.717) is 11.4 Å². The first-order chi connectivity index (χ1) is 10.7. The van der Waals surface area contributed by atoms with Crippen LogP contribution >= 0.6 is 15.9 Å².